The van der Waals surface area contributed by atoms with E-state index in [-0.39, 0.29) is 6.61 Å². The van der Waals surface area contributed by atoms with Crippen molar-refractivity contribution in [1.29, 1.82) is 0 Å². The lowest BCUT2D eigenvalue weighted by atomic mass is 9.88. The van der Waals surface area contributed by atoms with Crippen LogP contribution in [0.25, 0.3) is 5.65 Å². The first-order valence-electron chi connectivity index (χ1n) is 6.35. The number of ether oxygens (including phenoxy) is 1. The van der Waals surface area contributed by atoms with Gasteiger partial charge >= 0.3 is 0 Å². The van der Waals surface area contributed by atoms with Gasteiger partial charge in [0.1, 0.15) is 24.6 Å². The van der Waals surface area contributed by atoms with Gasteiger partial charge in [0.05, 0.1) is 29.7 Å². The first kappa shape index (κ1) is 13.4. The molecule has 3 heterocycles. The van der Waals surface area contributed by atoms with E-state index in [0.717, 1.165) is 5.69 Å². The Bertz CT molecular complexity index is 641. The van der Waals surface area contributed by atoms with Crippen LogP contribution >= 0.6 is 0 Å². The fourth-order valence-corrected chi connectivity index (χ4v) is 2.61. The van der Waals surface area contributed by atoms with Gasteiger partial charge in [-0.15, -0.1) is 0 Å². The molecular weight excluding hydrogens is 262 g/mol. The molecule has 0 saturated carbocycles. The number of aliphatic hydroxyl groups excluding tert-OH is 2. The number of fused-ring (bicyclic) bond motifs is 1. The third-order valence-corrected chi connectivity index (χ3v) is 3.82. The Morgan fingerprint density at radius 3 is 2.90 bits per heavy atom. The molecule has 4 atom stereocenters. The van der Waals surface area contributed by atoms with Gasteiger partial charge in [-0.05, 0) is 13.8 Å². The van der Waals surface area contributed by atoms with Crippen molar-refractivity contribution in [2.75, 3.05) is 6.61 Å². The largest absolute Gasteiger partial charge is 0.394 e. The average molecular weight is 279 g/mol. The van der Waals surface area contributed by atoms with Crippen molar-refractivity contribution in [3.8, 4) is 0 Å². The van der Waals surface area contributed by atoms with Gasteiger partial charge in [0, 0.05) is 0 Å². The Morgan fingerprint density at radius 1 is 1.50 bits per heavy atom. The van der Waals surface area contributed by atoms with E-state index in [1.54, 1.807) is 17.6 Å². The molecule has 0 radical (unpaired) electrons. The van der Waals surface area contributed by atoms with Crippen molar-refractivity contribution in [2.24, 2.45) is 5.73 Å². The summed E-state index contributed by atoms with van der Waals surface area (Å²) in [5.74, 6) is 0. The number of imidazole rings is 1. The molecule has 0 amide bonds. The molecule has 1 fully saturated rings. The average Bonchev–Trinajstić information content (AvgIpc) is 2.92. The number of nitrogens with two attached hydrogens (primary N) is 1. The van der Waals surface area contributed by atoms with E-state index < -0.39 is 23.9 Å². The summed E-state index contributed by atoms with van der Waals surface area (Å²) >= 11 is 0. The number of hydrogen-bond acceptors (Lipinski definition) is 7. The SMILES string of the molecule is Cc1ncnn2c([C@@H]3O[C@H](CO)[C@@H](O)[C@@]3(C)N)cnc12. The standard InChI is InChI=1S/C12H17N5O3/c1-6-11-14-3-7(17(11)16-5-15-6)10-12(2,13)9(19)8(4-18)20-10/h3,5,8-10,18-19H,4,13H2,1-2H3/t8-,9-,10+,12-/m1/s1. The monoisotopic (exact) mass is 279 g/mol. The fourth-order valence-electron chi connectivity index (χ4n) is 2.61. The third kappa shape index (κ3) is 1.73. The van der Waals surface area contributed by atoms with Crippen molar-refractivity contribution in [3.63, 3.8) is 0 Å². The molecule has 8 heteroatoms. The number of hydrogen-bond donors (Lipinski definition) is 3. The van der Waals surface area contributed by atoms with Crippen LogP contribution in [-0.4, -0.2) is 54.1 Å². The molecule has 0 aromatic carbocycles. The van der Waals surface area contributed by atoms with E-state index in [9.17, 15) is 10.2 Å². The Balaban J connectivity index is 2.10. The summed E-state index contributed by atoms with van der Waals surface area (Å²) in [6.45, 7) is 3.22. The van der Waals surface area contributed by atoms with Crippen LogP contribution in [0.3, 0.4) is 0 Å². The second-order valence-corrected chi connectivity index (χ2v) is 5.31. The normalized spacial score (nSPS) is 34.0. The number of aliphatic hydroxyl groups is 2. The molecule has 3 rings (SSSR count). The minimum Gasteiger partial charge on any atom is -0.394 e. The number of nitrogens with zero attached hydrogens (tertiary/aromatic N) is 4. The molecular formula is C12H17N5O3. The molecule has 0 bridgehead atoms. The topological polar surface area (TPSA) is 119 Å². The fraction of sp³-hybridized carbons (Fsp3) is 0.583. The predicted molar refractivity (Wildman–Crippen MR) is 68.8 cm³/mol. The summed E-state index contributed by atoms with van der Waals surface area (Å²) < 4.78 is 7.29. The van der Waals surface area contributed by atoms with E-state index in [2.05, 4.69) is 15.1 Å². The van der Waals surface area contributed by atoms with Crippen LogP contribution in [0.2, 0.25) is 0 Å². The molecule has 2 aromatic rings. The smallest absolute Gasteiger partial charge is 0.175 e. The van der Waals surface area contributed by atoms with Crippen molar-refractivity contribution < 1.29 is 14.9 Å². The summed E-state index contributed by atoms with van der Waals surface area (Å²) in [4.78, 5) is 8.34. The molecule has 8 nitrogen and oxygen atoms in total. The van der Waals surface area contributed by atoms with E-state index in [1.807, 2.05) is 6.92 Å². The molecule has 1 saturated heterocycles. The van der Waals surface area contributed by atoms with Crippen molar-refractivity contribution in [2.45, 2.75) is 37.7 Å². The zero-order valence-corrected chi connectivity index (χ0v) is 11.3. The maximum atomic E-state index is 10.1. The van der Waals surface area contributed by atoms with Crippen LogP contribution in [0.15, 0.2) is 12.5 Å². The van der Waals surface area contributed by atoms with Crippen molar-refractivity contribution in [1.82, 2.24) is 19.6 Å². The zero-order valence-electron chi connectivity index (χ0n) is 11.3. The lowest BCUT2D eigenvalue weighted by molar-refractivity contribution is -0.0241. The van der Waals surface area contributed by atoms with Gasteiger partial charge in [0.15, 0.2) is 5.65 Å². The van der Waals surface area contributed by atoms with E-state index in [0.29, 0.717) is 11.3 Å². The van der Waals surface area contributed by atoms with Crippen LogP contribution in [0.5, 0.6) is 0 Å². The van der Waals surface area contributed by atoms with E-state index in [4.69, 9.17) is 10.5 Å². The Hall–Kier alpha value is -1.61. The van der Waals surface area contributed by atoms with Gasteiger partial charge in [0.2, 0.25) is 0 Å². The van der Waals surface area contributed by atoms with Crippen molar-refractivity contribution in [3.05, 3.63) is 23.9 Å². The van der Waals surface area contributed by atoms with Gasteiger partial charge in [0.25, 0.3) is 0 Å². The van der Waals surface area contributed by atoms with Gasteiger partial charge in [-0.3, -0.25) is 0 Å². The van der Waals surface area contributed by atoms with Gasteiger partial charge < -0.3 is 20.7 Å². The maximum Gasteiger partial charge on any atom is 0.175 e. The molecule has 0 spiro atoms. The van der Waals surface area contributed by atoms with Gasteiger partial charge in [-0.2, -0.15) is 5.10 Å². The molecule has 1 aliphatic rings. The summed E-state index contributed by atoms with van der Waals surface area (Å²) in [6, 6.07) is 0. The van der Waals surface area contributed by atoms with Crippen molar-refractivity contribution >= 4 is 5.65 Å². The zero-order chi connectivity index (χ0) is 14.5. The molecule has 1 aliphatic heterocycles. The van der Waals surface area contributed by atoms with E-state index in [1.165, 1.54) is 6.33 Å². The second kappa shape index (κ2) is 4.45. The highest BCUT2D eigenvalue weighted by molar-refractivity contribution is 5.43. The highest BCUT2D eigenvalue weighted by atomic mass is 16.5. The Morgan fingerprint density at radius 2 is 2.25 bits per heavy atom. The number of rotatable bonds is 2. The van der Waals surface area contributed by atoms with E-state index >= 15 is 0 Å². The van der Waals surface area contributed by atoms with Gasteiger partial charge in [-0.1, -0.05) is 0 Å². The Labute approximate surface area is 115 Å². The van der Waals surface area contributed by atoms with Crippen LogP contribution in [0.1, 0.15) is 24.4 Å². The third-order valence-electron chi connectivity index (χ3n) is 3.82. The maximum absolute atomic E-state index is 10.1. The van der Waals surface area contributed by atoms with Crippen LogP contribution in [0.4, 0.5) is 0 Å². The number of aromatic nitrogens is 4. The first-order chi connectivity index (χ1) is 9.46. The quantitative estimate of drug-likeness (QED) is 0.641. The second-order valence-electron chi connectivity index (χ2n) is 5.31. The minimum atomic E-state index is -1.04. The summed E-state index contributed by atoms with van der Waals surface area (Å²) in [5.41, 5.74) is 7.12. The highest BCUT2D eigenvalue weighted by Gasteiger charge is 2.52. The predicted octanol–water partition coefficient (Wildman–Crippen LogP) is -1.06. The minimum absolute atomic E-state index is 0.296. The summed E-state index contributed by atoms with van der Waals surface area (Å²) in [5, 5.41) is 23.5. The molecule has 0 aliphatic carbocycles. The highest BCUT2D eigenvalue weighted by Crippen LogP contribution is 2.39. The summed E-state index contributed by atoms with van der Waals surface area (Å²) in [6.07, 6.45) is 0.739. The molecule has 2 aromatic heterocycles. The Kier molecular flexibility index (Phi) is 2.98. The summed E-state index contributed by atoms with van der Waals surface area (Å²) in [7, 11) is 0. The van der Waals surface area contributed by atoms with Crippen LogP contribution < -0.4 is 5.73 Å². The number of aryl methyl sites for hydroxylation is 1. The lowest BCUT2D eigenvalue weighted by Gasteiger charge is -2.27. The molecule has 108 valence electrons. The molecule has 0 unspecified atom stereocenters. The molecule has 4 N–H and O–H groups in total. The first-order valence-corrected chi connectivity index (χ1v) is 6.35. The van der Waals surface area contributed by atoms with Gasteiger partial charge in [-0.25, -0.2) is 14.5 Å². The van der Waals surface area contributed by atoms with Crippen LogP contribution in [-0.2, 0) is 4.74 Å². The molecule has 20 heavy (non-hydrogen) atoms. The lowest BCUT2D eigenvalue weighted by Crippen LogP contribution is -2.51. The van der Waals surface area contributed by atoms with Crippen LogP contribution in [0, 0.1) is 6.92 Å².